The molecule has 4 heteroatoms. The van der Waals surface area contributed by atoms with E-state index in [1.165, 1.54) is 0 Å². The van der Waals surface area contributed by atoms with Gasteiger partial charge in [0, 0.05) is 17.3 Å². The smallest absolute Gasteiger partial charge is 0.207 e. The number of benzene rings is 1. The molecule has 1 aromatic rings. The van der Waals surface area contributed by atoms with Crippen LogP contribution in [0.3, 0.4) is 0 Å². The Labute approximate surface area is 89.3 Å². The van der Waals surface area contributed by atoms with Gasteiger partial charge < -0.3 is 0 Å². The standard InChI is InChI=1S/C10H10BrF3/c1-6(11)8-5-7(12)3-4-9(8)10(2,13)14/h3-6H,1-2H3. The zero-order valence-corrected chi connectivity index (χ0v) is 9.41. The lowest BCUT2D eigenvalue weighted by Crippen LogP contribution is -2.11. The zero-order valence-electron chi connectivity index (χ0n) is 7.82. The Balaban J connectivity index is 3.29. The second kappa shape index (κ2) is 3.93. The number of hydrogen-bond donors (Lipinski definition) is 0. The molecule has 0 spiro atoms. The van der Waals surface area contributed by atoms with E-state index in [-0.39, 0.29) is 16.0 Å². The fraction of sp³-hybridized carbons (Fsp3) is 0.400. The Kier molecular flexibility index (Phi) is 3.24. The largest absolute Gasteiger partial charge is 0.270 e. The summed E-state index contributed by atoms with van der Waals surface area (Å²) in [5.41, 5.74) is 0.153. The number of hydrogen-bond acceptors (Lipinski definition) is 0. The Morgan fingerprint density at radius 3 is 2.36 bits per heavy atom. The van der Waals surface area contributed by atoms with Gasteiger partial charge in [0.1, 0.15) is 5.82 Å². The fourth-order valence-corrected chi connectivity index (χ4v) is 1.64. The highest BCUT2D eigenvalue weighted by atomic mass is 79.9. The third-order valence-corrected chi connectivity index (χ3v) is 2.41. The average molecular weight is 267 g/mol. The highest BCUT2D eigenvalue weighted by Gasteiger charge is 2.28. The van der Waals surface area contributed by atoms with Crippen molar-refractivity contribution in [2.24, 2.45) is 0 Å². The Morgan fingerprint density at radius 1 is 1.36 bits per heavy atom. The van der Waals surface area contributed by atoms with Gasteiger partial charge in [-0.25, -0.2) is 13.2 Å². The van der Waals surface area contributed by atoms with Gasteiger partial charge in [0.25, 0.3) is 5.92 Å². The topological polar surface area (TPSA) is 0 Å². The van der Waals surface area contributed by atoms with Gasteiger partial charge in [-0.05, 0) is 30.7 Å². The van der Waals surface area contributed by atoms with Gasteiger partial charge in [-0.1, -0.05) is 15.9 Å². The lowest BCUT2D eigenvalue weighted by Gasteiger charge is -2.17. The van der Waals surface area contributed by atoms with E-state index in [1.54, 1.807) is 6.92 Å². The van der Waals surface area contributed by atoms with Gasteiger partial charge in [0.05, 0.1) is 0 Å². The minimum absolute atomic E-state index is 0.136. The highest BCUT2D eigenvalue weighted by Crippen LogP contribution is 2.35. The molecule has 1 unspecified atom stereocenters. The highest BCUT2D eigenvalue weighted by molar-refractivity contribution is 9.09. The van der Waals surface area contributed by atoms with Gasteiger partial charge in [-0.3, -0.25) is 0 Å². The molecule has 0 bridgehead atoms. The second-order valence-electron chi connectivity index (χ2n) is 3.24. The van der Waals surface area contributed by atoms with Crippen LogP contribution in [-0.2, 0) is 5.92 Å². The number of alkyl halides is 3. The molecule has 0 aliphatic heterocycles. The van der Waals surface area contributed by atoms with E-state index in [0.717, 1.165) is 25.1 Å². The summed E-state index contributed by atoms with van der Waals surface area (Å²) >= 11 is 3.16. The average Bonchev–Trinajstić information content (AvgIpc) is 2.01. The first-order valence-electron chi connectivity index (χ1n) is 4.14. The molecule has 0 N–H and O–H groups in total. The molecule has 0 aromatic heterocycles. The van der Waals surface area contributed by atoms with Crippen molar-refractivity contribution in [1.82, 2.24) is 0 Å². The van der Waals surface area contributed by atoms with E-state index >= 15 is 0 Å². The van der Waals surface area contributed by atoms with Crippen LogP contribution >= 0.6 is 15.9 Å². The molecular formula is C10H10BrF3. The molecule has 1 rings (SSSR count). The van der Waals surface area contributed by atoms with E-state index in [4.69, 9.17) is 0 Å². The van der Waals surface area contributed by atoms with Crippen molar-refractivity contribution in [1.29, 1.82) is 0 Å². The quantitative estimate of drug-likeness (QED) is 0.697. The Hall–Kier alpha value is -0.510. The van der Waals surface area contributed by atoms with Crippen LogP contribution < -0.4 is 0 Å². The van der Waals surface area contributed by atoms with Gasteiger partial charge in [0.2, 0.25) is 0 Å². The van der Waals surface area contributed by atoms with Gasteiger partial charge in [-0.2, -0.15) is 0 Å². The first-order chi connectivity index (χ1) is 6.32. The summed E-state index contributed by atoms with van der Waals surface area (Å²) in [6, 6.07) is 3.31. The Bertz CT molecular complexity index is 329. The van der Waals surface area contributed by atoms with Crippen molar-refractivity contribution in [3.05, 3.63) is 35.1 Å². The molecule has 78 valence electrons. The monoisotopic (exact) mass is 266 g/mol. The molecule has 0 saturated heterocycles. The first-order valence-corrected chi connectivity index (χ1v) is 5.05. The first kappa shape index (κ1) is 11.6. The third-order valence-electron chi connectivity index (χ3n) is 1.92. The van der Waals surface area contributed by atoms with E-state index < -0.39 is 11.7 Å². The molecule has 0 heterocycles. The SMILES string of the molecule is CC(Br)c1cc(F)ccc1C(C)(F)F. The normalized spacial score (nSPS) is 14.1. The van der Waals surface area contributed by atoms with Crippen LogP contribution in [0.2, 0.25) is 0 Å². The van der Waals surface area contributed by atoms with E-state index in [1.807, 2.05) is 0 Å². The molecule has 0 radical (unpaired) electrons. The third kappa shape index (κ3) is 2.50. The lowest BCUT2D eigenvalue weighted by atomic mass is 10.0. The molecular weight excluding hydrogens is 257 g/mol. The molecule has 0 aliphatic carbocycles. The summed E-state index contributed by atoms with van der Waals surface area (Å²) in [7, 11) is 0. The van der Waals surface area contributed by atoms with E-state index in [9.17, 15) is 13.2 Å². The molecule has 1 atom stereocenters. The fourth-order valence-electron chi connectivity index (χ4n) is 1.26. The summed E-state index contributed by atoms with van der Waals surface area (Å²) in [4.78, 5) is -0.293. The molecule has 1 aromatic carbocycles. The summed E-state index contributed by atoms with van der Waals surface area (Å²) in [5, 5.41) is 0. The minimum Gasteiger partial charge on any atom is -0.207 e. The molecule has 0 nitrogen and oxygen atoms in total. The molecule has 0 aliphatic rings. The summed E-state index contributed by atoms with van der Waals surface area (Å²) < 4.78 is 39.0. The second-order valence-corrected chi connectivity index (χ2v) is 4.61. The van der Waals surface area contributed by atoms with Crippen LogP contribution in [0.5, 0.6) is 0 Å². The van der Waals surface area contributed by atoms with Gasteiger partial charge >= 0.3 is 0 Å². The van der Waals surface area contributed by atoms with Crippen LogP contribution in [-0.4, -0.2) is 0 Å². The number of halogens is 4. The molecule has 0 saturated carbocycles. The van der Waals surface area contributed by atoms with Gasteiger partial charge in [0.15, 0.2) is 0 Å². The van der Waals surface area contributed by atoms with Crippen molar-refractivity contribution < 1.29 is 13.2 Å². The van der Waals surface area contributed by atoms with Crippen LogP contribution in [0, 0.1) is 5.82 Å². The maximum Gasteiger partial charge on any atom is 0.270 e. The van der Waals surface area contributed by atoms with Crippen molar-refractivity contribution in [2.45, 2.75) is 24.6 Å². The molecule has 0 amide bonds. The summed E-state index contributed by atoms with van der Waals surface area (Å²) in [5.74, 6) is -3.44. The van der Waals surface area contributed by atoms with E-state index in [2.05, 4.69) is 15.9 Å². The minimum atomic E-state index is -2.94. The van der Waals surface area contributed by atoms with Crippen LogP contribution in [0.4, 0.5) is 13.2 Å². The van der Waals surface area contributed by atoms with Crippen molar-refractivity contribution >= 4 is 15.9 Å². The van der Waals surface area contributed by atoms with Crippen LogP contribution in [0.25, 0.3) is 0 Å². The molecule has 14 heavy (non-hydrogen) atoms. The maximum absolute atomic E-state index is 13.1. The predicted octanol–water partition coefficient (Wildman–Crippen LogP) is 4.39. The number of rotatable bonds is 2. The summed E-state index contributed by atoms with van der Waals surface area (Å²) in [6.45, 7) is 2.49. The van der Waals surface area contributed by atoms with Gasteiger partial charge in [-0.15, -0.1) is 0 Å². The van der Waals surface area contributed by atoms with Crippen molar-refractivity contribution in [2.75, 3.05) is 0 Å². The van der Waals surface area contributed by atoms with Crippen LogP contribution in [0.1, 0.15) is 29.8 Å². The predicted molar refractivity (Wildman–Crippen MR) is 53.3 cm³/mol. The van der Waals surface area contributed by atoms with Crippen LogP contribution in [0.15, 0.2) is 18.2 Å². The zero-order chi connectivity index (χ0) is 10.9. The van der Waals surface area contributed by atoms with Crippen molar-refractivity contribution in [3.63, 3.8) is 0 Å². The van der Waals surface area contributed by atoms with Crippen molar-refractivity contribution in [3.8, 4) is 0 Å². The lowest BCUT2D eigenvalue weighted by molar-refractivity contribution is 0.0165. The maximum atomic E-state index is 13.1. The van der Waals surface area contributed by atoms with E-state index in [0.29, 0.717) is 0 Å². The Morgan fingerprint density at radius 2 is 1.93 bits per heavy atom. The summed E-state index contributed by atoms with van der Waals surface area (Å²) in [6.07, 6.45) is 0. The molecule has 0 fully saturated rings.